The molecule has 12 heteroatoms. The van der Waals surface area contributed by atoms with Crippen LogP contribution >= 0.6 is 0 Å². The molecule has 0 aliphatic rings. The van der Waals surface area contributed by atoms with Crippen LogP contribution in [0.3, 0.4) is 0 Å². The Hall–Kier alpha value is -3.54. The molecule has 0 heterocycles. The Morgan fingerprint density at radius 2 is 1.25 bits per heavy atom. The highest BCUT2D eigenvalue weighted by Gasteiger charge is 2.25. The lowest BCUT2D eigenvalue weighted by Gasteiger charge is -2.22. The van der Waals surface area contributed by atoms with Gasteiger partial charge in [-0.25, -0.2) is 14.4 Å². The third kappa shape index (κ3) is 14.0. The maximum Gasteiger partial charge on any atom is 0.513 e. The molecule has 0 saturated heterocycles. The molecule has 0 aliphatic carbocycles. The maximum atomic E-state index is 12.6. The molecule has 0 bridgehead atoms. The van der Waals surface area contributed by atoms with Crippen LogP contribution in [-0.4, -0.2) is 62.5 Å². The lowest BCUT2D eigenvalue weighted by Crippen LogP contribution is -2.39. The normalized spacial score (nSPS) is 13.2. The second-order valence-corrected chi connectivity index (χ2v) is 10.0. The van der Waals surface area contributed by atoms with Crippen LogP contribution in [0.5, 0.6) is 11.5 Å². The van der Waals surface area contributed by atoms with E-state index in [0.717, 1.165) is 0 Å². The summed E-state index contributed by atoms with van der Waals surface area (Å²) in [5, 5.41) is 0. The summed E-state index contributed by atoms with van der Waals surface area (Å²) < 4.78 is 35.8. The summed E-state index contributed by atoms with van der Waals surface area (Å²) in [6, 6.07) is 3.25. The highest BCUT2D eigenvalue weighted by atomic mass is 16.7. The molecule has 2 N–H and O–H groups in total. The minimum Gasteiger partial charge on any atom is -0.458 e. The molecular weight excluding hydrogens is 526 g/mol. The molecule has 1 rings (SSSR count). The van der Waals surface area contributed by atoms with Gasteiger partial charge in [0.05, 0.1) is 19.8 Å². The molecule has 226 valence electrons. The van der Waals surface area contributed by atoms with E-state index in [9.17, 15) is 19.2 Å². The highest BCUT2D eigenvalue weighted by molar-refractivity contribution is 5.76. The van der Waals surface area contributed by atoms with Gasteiger partial charge in [0.1, 0.15) is 18.2 Å². The van der Waals surface area contributed by atoms with E-state index in [1.54, 1.807) is 26.8 Å². The lowest BCUT2D eigenvalue weighted by molar-refractivity contribution is -0.155. The van der Waals surface area contributed by atoms with Gasteiger partial charge in [0, 0.05) is 0 Å². The molecule has 0 aliphatic heterocycles. The maximum absolute atomic E-state index is 12.6. The van der Waals surface area contributed by atoms with Crippen molar-refractivity contribution in [3.05, 3.63) is 23.8 Å². The van der Waals surface area contributed by atoms with Gasteiger partial charge >= 0.3 is 24.4 Å². The number of carbonyl (C=O) groups is 4. The van der Waals surface area contributed by atoms with Gasteiger partial charge in [0.15, 0.2) is 11.5 Å². The zero-order valence-corrected chi connectivity index (χ0v) is 24.4. The first-order valence-corrected chi connectivity index (χ1v) is 13.4. The summed E-state index contributed by atoms with van der Waals surface area (Å²) in [5.41, 5.74) is 6.53. The van der Waals surface area contributed by atoms with Gasteiger partial charge in [-0.2, -0.15) is 0 Å². The van der Waals surface area contributed by atoms with Gasteiger partial charge in [0.2, 0.25) is 0 Å². The Morgan fingerprint density at radius 1 is 0.725 bits per heavy atom. The number of esters is 1. The quantitative estimate of drug-likeness (QED) is 0.168. The van der Waals surface area contributed by atoms with Gasteiger partial charge in [0.25, 0.3) is 0 Å². The molecule has 0 radical (unpaired) electrons. The third-order valence-electron chi connectivity index (χ3n) is 5.49. The van der Waals surface area contributed by atoms with Gasteiger partial charge in [-0.1, -0.05) is 33.8 Å². The molecular formula is C28H43NO11. The van der Waals surface area contributed by atoms with Crippen LogP contribution in [0.4, 0.5) is 14.4 Å². The monoisotopic (exact) mass is 569 g/mol. The zero-order chi connectivity index (χ0) is 30.2. The van der Waals surface area contributed by atoms with Crippen molar-refractivity contribution in [2.45, 2.75) is 86.0 Å². The summed E-state index contributed by atoms with van der Waals surface area (Å²) in [5.74, 6) is -0.276. The Bertz CT molecular complexity index is 964. The van der Waals surface area contributed by atoms with Crippen molar-refractivity contribution in [3.8, 4) is 11.5 Å². The van der Waals surface area contributed by atoms with Crippen LogP contribution in [0.1, 0.15) is 66.9 Å². The van der Waals surface area contributed by atoms with Gasteiger partial charge < -0.3 is 38.9 Å². The Morgan fingerprint density at radius 3 is 1.77 bits per heavy atom. The van der Waals surface area contributed by atoms with E-state index < -0.39 is 42.7 Å². The van der Waals surface area contributed by atoms with E-state index in [2.05, 4.69) is 0 Å². The first kappa shape index (κ1) is 34.5. The molecule has 0 amide bonds. The van der Waals surface area contributed by atoms with Gasteiger partial charge in [-0.05, 0) is 69.6 Å². The number of nitrogens with two attached hydrogens (primary N) is 1. The van der Waals surface area contributed by atoms with Crippen molar-refractivity contribution >= 4 is 24.4 Å². The number of rotatable bonds is 15. The summed E-state index contributed by atoms with van der Waals surface area (Å²) in [7, 11) is 0. The molecule has 40 heavy (non-hydrogen) atoms. The molecule has 1 aromatic carbocycles. The minimum atomic E-state index is -1.10. The molecule has 12 nitrogen and oxygen atoms in total. The topological polar surface area (TPSA) is 159 Å². The van der Waals surface area contributed by atoms with E-state index in [1.807, 2.05) is 27.7 Å². The van der Waals surface area contributed by atoms with Crippen molar-refractivity contribution in [1.82, 2.24) is 0 Å². The summed E-state index contributed by atoms with van der Waals surface area (Å²) >= 11 is 0. The second kappa shape index (κ2) is 17.9. The first-order valence-electron chi connectivity index (χ1n) is 13.4. The van der Waals surface area contributed by atoms with Crippen molar-refractivity contribution < 1.29 is 52.3 Å². The lowest BCUT2D eigenvalue weighted by atomic mass is 10.1. The number of hydrogen-bond acceptors (Lipinski definition) is 12. The van der Waals surface area contributed by atoms with Crippen LogP contribution < -0.4 is 15.2 Å². The minimum absolute atomic E-state index is 0.00343. The smallest absolute Gasteiger partial charge is 0.458 e. The molecule has 0 aromatic heterocycles. The fraction of sp³-hybridized carbons (Fsp3) is 0.643. The Labute approximate surface area is 235 Å². The van der Waals surface area contributed by atoms with Gasteiger partial charge in [-0.3, -0.25) is 4.79 Å². The predicted molar refractivity (Wildman–Crippen MR) is 144 cm³/mol. The molecule has 0 saturated carbocycles. The number of carbonyl (C=O) groups excluding carboxylic acids is 4. The van der Waals surface area contributed by atoms with E-state index >= 15 is 0 Å². The van der Waals surface area contributed by atoms with Crippen LogP contribution in [0.25, 0.3) is 0 Å². The van der Waals surface area contributed by atoms with Crippen molar-refractivity contribution in [2.75, 3.05) is 19.8 Å². The van der Waals surface area contributed by atoms with E-state index in [0.29, 0.717) is 30.2 Å². The fourth-order valence-corrected chi connectivity index (χ4v) is 2.94. The highest BCUT2D eigenvalue weighted by Crippen LogP contribution is 2.30. The summed E-state index contributed by atoms with van der Waals surface area (Å²) in [6.45, 7) is 13.2. The van der Waals surface area contributed by atoms with E-state index in [4.69, 9.17) is 38.9 Å². The van der Waals surface area contributed by atoms with Crippen molar-refractivity contribution in [1.29, 1.82) is 0 Å². The number of hydrogen-bond donors (Lipinski definition) is 1. The largest absolute Gasteiger partial charge is 0.513 e. The second-order valence-electron chi connectivity index (χ2n) is 10.0. The summed E-state index contributed by atoms with van der Waals surface area (Å²) in [4.78, 5) is 48.5. The standard InChI is InChI=1S/C28H43NO11/c1-8-34-26(31)38-20(7)19(6)37-25(30)22(29)15-21-9-10-23(39-27(32)35-13-11-17(2)3)24(16-21)40-28(33)36-14-12-18(4)5/h9-10,16-20,22H,8,11-15,29H2,1-7H3/t19-,20?,22-/m0/s1. The number of ether oxygens (including phenoxy) is 7. The van der Waals surface area contributed by atoms with Crippen molar-refractivity contribution in [3.63, 3.8) is 0 Å². The number of benzene rings is 1. The average molecular weight is 570 g/mol. The molecule has 1 unspecified atom stereocenters. The van der Waals surface area contributed by atoms with Crippen molar-refractivity contribution in [2.24, 2.45) is 17.6 Å². The zero-order valence-electron chi connectivity index (χ0n) is 24.4. The third-order valence-corrected chi connectivity index (χ3v) is 5.49. The fourth-order valence-electron chi connectivity index (χ4n) is 2.94. The molecule has 0 spiro atoms. The Kier molecular flexibility index (Phi) is 15.5. The van der Waals surface area contributed by atoms with Crippen LogP contribution in [-0.2, 0) is 34.9 Å². The summed E-state index contributed by atoms with van der Waals surface area (Å²) in [6.07, 6.45) is -3.09. The molecule has 3 atom stereocenters. The van der Waals surface area contributed by atoms with Crippen LogP contribution in [0.15, 0.2) is 18.2 Å². The van der Waals surface area contributed by atoms with E-state index in [-0.39, 0.29) is 37.7 Å². The van der Waals surface area contributed by atoms with Gasteiger partial charge in [-0.15, -0.1) is 0 Å². The first-order chi connectivity index (χ1) is 18.8. The SMILES string of the molecule is CCOC(=O)OC(C)[C@H](C)OC(=O)[C@@H](N)Cc1ccc(OC(=O)OCCC(C)C)c(OC(=O)OCCC(C)C)c1. The average Bonchev–Trinajstić information content (AvgIpc) is 2.85. The van der Waals surface area contributed by atoms with Crippen LogP contribution in [0, 0.1) is 11.8 Å². The molecule has 1 aromatic rings. The van der Waals surface area contributed by atoms with E-state index in [1.165, 1.54) is 12.1 Å². The van der Waals surface area contributed by atoms with Crippen LogP contribution in [0.2, 0.25) is 0 Å². The molecule has 0 fully saturated rings. The predicted octanol–water partition coefficient (Wildman–Crippen LogP) is 5.17. The Balaban J connectivity index is 2.92.